The van der Waals surface area contributed by atoms with Gasteiger partial charge in [-0.3, -0.25) is 9.59 Å². The lowest BCUT2D eigenvalue weighted by Crippen LogP contribution is -2.68. The number of carbonyl (C=O) groups excluding carboxylic acids is 2. The third kappa shape index (κ3) is 7.03. The van der Waals surface area contributed by atoms with Gasteiger partial charge in [0.15, 0.2) is 6.29 Å². The summed E-state index contributed by atoms with van der Waals surface area (Å²) < 4.78 is 24.1. The lowest BCUT2D eigenvalue weighted by molar-refractivity contribution is -0.277. The molecule has 1 aliphatic heterocycles. The van der Waals surface area contributed by atoms with Gasteiger partial charge in [-0.2, -0.15) is 0 Å². The summed E-state index contributed by atoms with van der Waals surface area (Å²) in [6.45, 7) is 15.6. The molecule has 0 aromatic rings. The quantitative estimate of drug-likeness (QED) is 0.101. The van der Waals surface area contributed by atoms with Crippen LogP contribution in [0.15, 0.2) is 36.0 Å². The van der Waals surface area contributed by atoms with Crippen molar-refractivity contribution in [3.8, 4) is 0 Å². The molecule has 0 bridgehead atoms. The number of carbonyl (C=O) groups is 2. The highest BCUT2D eigenvalue weighted by molar-refractivity contribution is 5.69. The smallest absolute Gasteiger partial charge is 0.306 e. The van der Waals surface area contributed by atoms with Crippen LogP contribution in [0.1, 0.15) is 106 Å². The number of esters is 2. The Hall–Kier alpha value is -2.00. The zero-order valence-electron chi connectivity index (χ0n) is 26.6. The van der Waals surface area contributed by atoms with Crippen LogP contribution in [0.5, 0.6) is 0 Å². The molecule has 1 spiro atoms. The van der Waals surface area contributed by atoms with E-state index in [1.165, 1.54) is 32.6 Å². The minimum atomic E-state index is -1.27. The summed E-state index contributed by atoms with van der Waals surface area (Å²) in [6.07, 6.45) is 9.27. The molecule has 1 saturated carbocycles. The van der Waals surface area contributed by atoms with Gasteiger partial charge < -0.3 is 29.2 Å². The van der Waals surface area contributed by atoms with E-state index >= 15 is 0 Å². The number of aliphatic hydroxyl groups excluding tert-OH is 2. The van der Waals surface area contributed by atoms with E-state index in [4.69, 9.17) is 18.9 Å². The number of ether oxygens (including phenoxy) is 4. The van der Waals surface area contributed by atoms with E-state index in [1.54, 1.807) is 12.2 Å². The SMILES string of the molecule is C=C/C(C)=C\C[C@@]1(C)[C@H](C)[C@@H](OC(=O)CCCCCCCCC)[C@H](O)[C@@]23C(=C[C@H](O)C[C@@H]12)[C@@H](OCC)O[C@H]3OC(C)=O. The van der Waals surface area contributed by atoms with Crippen LogP contribution in [0, 0.1) is 22.7 Å². The summed E-state index contributed by atoms with van der Waals surface area (Å²) in [7, 11) is 0. The standard InChI is InChI=1S/C34H54O8/c1-8-11-12-13-14-15-16-17-28(37)41-29-23(5)33(7,19-18-22(4)9-2)27-21-25(36)20-26-31(39-10-3)42-32(40-24(6)35)34(26,27)30(29)38/h9,18,20,23,25,27,29-32,36,38H,2,8,10-17,19,21H2,1,3-7H3/b22-18-/t23-,25+,27+,29-,30+,31+,32-,33+,34-/m1/s1. The van der Waals surface area contributed by atoms with Crippen molar-refractivity contribution < 1.29 is 38.7 Å². The molecule has 8 heteroatoms. The second-order valence-corrected chi connectivity index (χ2v) is 12.7. The van der Waals surface area contributed by atoms with Crippen LogP contribution in [-0.2, 0) is 28.5 Å². The molecular weight excluding hydrogens is 536 g/mol. The first-order valence-electron chi connectivity index (χ1n) is 16.0. The van der Waals surface area contributed by atoms with Crippen molar-refractivity contribution in [2.24, 2.45) is 22.7 Å². The lowest BCUT2D eigenvalue weighted by Gasteiger charge is -2.62. The van der Waals surface area contributed by atoms with E-state index in [0.717, 1.165) is 24.8 Å². The fraction of sp³-hybridized carbons (Fsp3) is 0.765. The van der Waals surface area contributed by atoms with Crippen LogP contribution >= 0.6 is 0 Å². The van der Waals surface area contributed by atoms with Gasteiger partial charge in [-0.05, 0) is 50.0 Å². The summed E-state index contributed by atoms with van der Waals surface area (Å²) in [6, 6.07) is 0. The molecule has 3 rings (SSSR count). The third-order valence-corrected chi connectivity index (χ3v) is 9.98. The largest absolute Gasteiger partial charge is 0.459 e. The van der Waals surface area contributed by atoms with Gasteiger partial charge in [0.05, 0.1) is 11.5 Å². The predicted octanol–water partition coefficient (Wildman–Crippen LogP) is 6.15. The maximum atomic E-state index is 13.2. The maximum Gasteiger partial charge on any atom is 0.306 e. The summed E-state index contributed by atoms with van der Waals surface area (Å²) in [5, 5.41) is 23.4. The molecule has 42 heavy (non-hydrogen) atoms. The van der Waals surface area contributed by atoms with Gasteiger partial charge in [0.25, 0.3) is 0 Å². The Morgan fingerprint density at radius 2 is 1.76 bits per heavy atom. The first-order chi connectivity index (χ1) is 20.0. The average molecular weight is 591 g/mol. The third-order valence-electron chi connectivity index (χ3n) is 9.98. The summed E-state index contributed by atoms with van der Waals surface area (Å²) in [5.74, 6) is -1.57. The minimum Gasteiger partial charge on any atom is -0.459 e. The molecule has 1 heterocycles. The highest BCUT2D eigenvalue weighted by Gasteiger charge is 2.73. The van der Waals surface area contributed by atoms with Crippen LogP contribution in [0.4, 0.5) is 0 Å². The van der Waals surface area contributed by atoms with Gasteiger partial charge in [0.1, 0.15) is 12.2 Å². The molecular formula is C34H54O8. The number of hydrogen-bond donors (Lipinski definition) is 2. The molecule has 9 atom stereocenters. The van der Waals surface area contributed by atoms with Gasteiger partial charge in [-0.1, -0.05) is 89.7 Å². The van der Waals surface area contributed by atoms with Gasteiger partial charge in [0, 0.05) is 25.9 Å². The number of aliphatic hydroxyl groups is 2. The molecule has 0 unspecified atom stereocenters. The van der Waals surface area contributed by atoms with Crippen LogP contribution in [0.25, 0.3) is 0 Å². The topological polar surface area (TPSA) is 112 Å². The number of unbranched alkanes of at least 4 members (excludes halogenated alkanes) is 6. The first-order valence-corrected chi connectivity index (χ1v) is 16.0. The lowest BCUT2D eigenvalue weighted by atomic mass is 9.44. The van der Waals surface area contributed by atoms with E-state index in [-0.39, 0.29) is 24.2 Å². The Labute approximate surface area is 252 Å². The predicted molar refractivity (Wildman–Crippen MR) is 161 cm³/mol. The maximum absolute atomic E-state index is 13.2. The Morgan fingerprint density at radius 3 is 2.38 bits per heavy atom. The molecule has 2 fully saturated rings. The van der Waals surface area contributed by atoms with E-state index in [1.807, 2.05) is 20.8 Å². The van der Waals surface area contributed by atoms with E-state index in [0.29, 0.717) is 25.0 Å². The summed E-state index contributed by atoms with van der Waals surface area (Å²) in [5.41, 5.74) is -0.319. The van der Waals surface area contributed by atoms with Crippen LogP contribution < -0.4 is 0 Å². The molecule has 0 aromatic heterocycles. The number of hydrogen-bond acceptors (Lipinski definition) is 8. The molecule has 0 amide bonds. The average Bonchev–Trinajstić information content (AvgIpc) is 3.24. The van der Waals surface area contributed by atoms with Crippen molar-refractivity contribution in [2.45, 2.75) is 137 Å². The fourth-order valence-corrected chi connectivity index (χ4v) is 7.46. The van der Waals surface area contributed by atoms with Crippen LogP contribution in [0.2, 0.25) is 0 Å². The van der Waals surface area contributed by atoms with Crippen molar-refractivity contribution in [3.63, 3.8) is 0 Å². The molecule has 8 nitrogen and oxygen atoms in total. The Morgan fingerprint density at radius 1 is 1.10 bits per heavy atom. The Kier molecular flexibility index (Phi) is 12.4. The molecule has 0 radical (unpaired) electrons. The van der Waals surface area contributed by atoms with E-state index in [9.17, 15) is 19.8 Å². The Bertz CT molecular complexity index is 1000. The minimum absolute atomic E-state index is 0.277. The normalized spacial score (nSPS) is 36.0. The molecule has 2 aliphatic carbocycles. The monoisotopic (exact) mass is 590 g/mol. The second kappa shape index (κ2) is 15.1. The molecule has 238 valence electrons. The number of allylic oxidation sites excluding steroid dienone is 3. The first kappa shape index (κ1) is 34.5. The highest BCUT2D eigenvalue weighted by Crippen LogP contribution is 2.67. The van der Waals surface area contributed by atoms with E-state index in [2.05, 4.69) is 26.5 Å². The van der Waals surface area contributed by atoms with Crippen molar-refractivity contribution in [1.29, 1.82) is 0 Å². The molecule has 3 aliphatic rings. The zero-order valence-corrected chi connectivity index (χ0v) is 26.6. The van der Waals surface area contributed by atoms with Gasteiger partial charge in [-0.25, -0.2) is 0 Å². The van der Waals surface area contributed by atoms with Crippen molar-refractivity contribution in [2.75, 3.05) is 6.61 Å². The van der Waals surface area contributed by atoms with Gasteiger partial charge in [-0.15, -0.1) is 0 Å². The fourth-order valence-electron chi connectivity index (χ4n) is 7.46. The molecule has 0 aromatic carbocycles. The van der Waals surface area contributed by atoms with Crippen LogP contribution in [-0.4, -0.2) is 59.7 Å². The second-order valence-electron chi connectivity index (χ2n) is 12.7. The van der Waals surface area contributed by atoms with Gasteiger partial charge in [0.2, 0.25) is 6.29 Å². The molecule has 1 saturated heterocycles. The van der Waals surface area contributed by atoms with Crippen molar-refractivity contribution in [1.82, 2.24) is 0 Å². The number of rotatable bonds is 15. The Balaban J connectivity index is 2.01. The van der Waals surface area contributed by atoms with Crippen LogP contribution in [0.3, 0.4) is 0 Å². The zero-order chi connectivity index (χ0) is 31.1. The summed E-state index contributed by atoms with van der Waals surface area (Å²) in [4.78, 5) is 25.6. The van der Waals surface area contributed by atoms with Crippen molar-refractivity contribution in [3.05, 3.63) is 36.0 Å². The summed E-state index contributed by atoms with van der Waals surface area (Å²) >= 11 is 0. The van der Waals surface area contributed by atoms with Crippen molar-refractivity contribution >= 4 is 11.9 Å². The highest BCUT2D eigenvalue weighted by atomic mass is 16.8. The van der Waals surface area contributed by atoms with E-state index < -0.39 is 47.7 Å². The molecule has 2 N–H and O–H groups in total. The van der Waals surface area contributed by atoms with Gasteiger partial charge >= 0.3 is 11.9 Å².